The number of carbonyl (C=O) groups excluding carboxylic acids is 1. The molecule has 1 amide bonds. The number of hydrogen-bond donors (Lipinski definition) is 1. The third kappa shape index (κ3) is 3.72. The van der Waals surface area contributed by atoms with E-state index < -0.39 is 0 Å². The quantitative estimate of drug-likeness (QED) is 0.906. The minimum Gasteiger partial charge on any atom is -0.508 e. The van der Waals surface area contributed by atoms with Crippen LogP contribution in [-0.4, -0.2) is 57.1 Å². The summed E-state index contributed by atoms with van der Waals surface area (Å²) in [7, 11) is 0. The van der Waals surface area contributed by atoms with Crippen LogP contribution in [0, 0.1) is 0 Å². The van der Waals surface area contributed by atoms with Crippen LogP contribution in [0.4, 0.5) is 0 Å². The molecule has 1 saturated carbocycles. The van der Waals surface area contributed by atoms with Crippen LogP contribution < -0.4 is 0 Å². The summed E-state index contributed by atoms with van der Waals surface area (Å²) in [4.78, 5) is 21.2. The first kappa shape index (κ1) is 17.0. The first-order chi connectivity index (χ1) is 12.7. The van der Waals surface area contributed by atoms with E-state index in [0.717, 1.165) is 31.8 Å². The summed E-state index contributed by atoms with van der Waals surface area (Å²) in [6, 6.07) is 6.40. The largest absolute Gasteiger partial charge is 0.508 e. The van der Waals surface area contributed by atoms with E-state index in [4.69, 9.17) is 4.52 Å². The third-order valence-electron chi connectivity index (χ3n) is 5.34. The van der Waals surface area contributed by atoms with Gasteiger partial charge in [0.05, 0.1) is 6.54 Å². The second-order valence-electron chi connectivity index (χ2n) is 7.14. The van der Waals surface area contributed by atoms with Crippen molar-refractivity contribution in [2.45, 2.75) is 38.1 Å². The zero-order chi connectivity index (χ0) is 17.9. The van der Waals surface area contributed by atoms with Gasteiger partial charge in [-0.25, -0.2) is 0 Å². The van der Waals surface area contributed by atoms with Gasteiger partial charge in [-0.3, -0.25) is 9.69 Å². The smallest absolute Gasteiger partial charge is 0.253 e. The van der Waals surface area contributed by atoms with Crippen molar-refractivity contribution in [3.8, 4) is 5.75 Å². The minimum atomic E-state index is 0.00552. The average Bonchev–Trinajstić information content (AvgIpc) is 3.34. The van der Waals surface area contributed by atoms with Gasteiger partial charge >= 0.3 is 0 Å². The van der Waals surface area contributed by atoms with E-state index in [2.05, 4.69) is 15.0 Å². The number of phenolic OH excluding ortho intramolecular Hbond substituents is 1. The van der Waals surface area contributed by atoms with Gasteiger partial charge in [0.1, 0.15) is 5.75 Å². The average molecular weight is 356 g/mol. The zero-order valence-corrected chi connectivity index (χ0v) is 14.8. The van der Waals surface area contributed by atoms with Crippen molar-refractivity contribution < 1.29 is 14.4 Å². The molecular weight excluding hydrogens is 332 g/mol. The molecule has 4 rings (SSSR count). The summed E-state index contributed by atoms with van der Waals surface area (Å²) in [5.74, 6) is 2.17. The van der Waals surface area contributed by atoms with Gasteiger partial charge in [-0.2, -0.15) is 4.98 Å². The molecule has 2 aromatic rings. The Labute approximate surface area is 152 Å². The first-order valence-electron chi connectivity index (χ1n) is 9.32. The number of hydrogen-bond acceptors (Lipinski definition) is 6. The molecule has 7 heteroatoms. The lowest BCUT2D eigenvalue weighted by Gasteiger charge is -2.34. The van der Waals surface area contributed by atoms with Crippen molar-refractivity contribution in [3.05, 3.63) is 41.5 Å². The molecule has 0 bridgehead atoms. The molecule has 0 atom stereocenters. The molecule has 1 N–H and O–H groups in total. The van der Waals surface area contributed by atoms with Gasteiger partial charge in [0, 0.05) is 37.7 Å². The Bertz CT molecular complexity index is 744. The standard InChI is InChI=1S/C19H24N4O3/c24-16-7-5-15(6-8-16)19(25)23-11-9-22(10-12-23)13-17-20-18(21-26-17)14-3-1-2-4-14/h5-8,14,24H,1-4,9-13H2. The summed E-state index contributed by atoms with van der Waals surface area (Å²) < 4.78 is 5.43. The maximum absolute atomic E-state index is 12.5. The second-order valence-corrected chi connectivity index (χ2v) is 7.14. The Balaban J connectivity index is 1.29. The number of aromatic nitrogens is 2. The topological polar surface area (TPSA) is 82.7 Å². The van der Waals surface area contributed by atoms with Gasteiger partial charge < -0.3 is 14.5 Å². The fourth-order valence-electron chi connectivity index (χ4n) is 3.77. The number of nitrogens with zero attached hydrogens (tertiary/aromatic N) is 4. The molecule has 2 fully saturated rings. The number of carbonyl (C=O) groups is 1. The highest BCUT2D eigenvalue weighted by Crippen LogP contribution is 2.32. The van der Waals surface area contributed by atoms with Crippen LogP contribution in [0.25, 0.3) is 0 Å². The molecule has 1 aromatic heterocycles. The fraction of sp³-hybridized carbons (Fsp3) is 0.526. The van der Waals surface area contributed by atoms with Crippen LogP contribution in [0.1, 0.15) is 53.7 Å². The van der Waals surface area contributed by atoms with Gasteiger partial charge in [-0.1, -0.05) is 18.0 Å². The molecule has 0 radical (unpaired) electrons. The monoisotopic (exact) mass is 356 g/mol. The molecule has 1 saturated heterocycles. The van der Waals surface area contributed by atoms with Gasteiger partial charge in [-0.05, 0) is 37.1 Å². The van der Waals surface area contributed by atoms with Crippen LogP contribution in [0.3, 0.4) is 0 Å². The highest BCUT2D eigenvalue weighted by atomic mass is 16.5. The normalized spacial score (nSPS) is 19.2. The van der Waals surface area contributed by atoms with E-state index in [0.29, 0.717) is 37.0 Å². The molecular formula is C19H24N4O3. The van der Waals surface area contributed by atoms with E-state index >= 15 is 0 Å². The Kier molecular flexibility index (Phi) is 4.88. The van der Waals surface area contributed by atoms with Crippen molar-refractivity contribution in [3.63, 3.8) is 0 Å². The molecule has 0 spiro atoms. The molecule has 138 valence electrons. The second kappa shape index (κ2) is 7.45. The van der Waals surface area contributed by atoms with Crippen LogP contribution >= 0.6 is 0 Å². The van der Waals surface area contributed by atoms with Crippen LogP contribution in [-0.2, 0) is 6.54 Å². The number of phenols is 1. The van der Waals surface area contributed by atoms with E-state index in [9.17, 15) is 9.90 Å². The lowest BCUT2D eigenvalue weighted by atomic mass is 10.1. The van der Waals surface area contributed by atoms with E-state index in [-0.39, 0.29) is 11.7 Å². The lowest BCUT2D eigenvalue weighted by Crippen LogP contribution is -2.48. The zero-order valence-electron chi connectivity index (χ0n) is 14.8. The Morgan fingerprint density at radius 2 is 1.81 bits per heavy atom. The predicted octanol–water partition coefficient (Wildman–Crippen LogP) is 2.39. The summed E-state index contributed by atoms with van der Waals surface area (Å²) in [5, 5.41) is 13.5. The molecule has 0 unspecified atom stereocenters. The number of piperazine rings is 1. The predicted molar refractivity (Wildman–Crippen MR) is 94.8 cm³/mol. The van der Waals surface area contributed by atoms with Gasteiger partial charge in [0.15, 0.2) is 5.82 Å². The molecule has 1 aliphatic heterocycles. The SMILES string of the molecule is O=C(c1ccc(O)cc1)N1CCN(Cc2nc(C3CCCC3)no2)CC1. The Morgan fingerprint density at radius 3 is 2.50 bits per heavy atom. The molecule has 26 heavy (non-hydrogen) atoms. The fourth-order valence-corrected chi connectivity index (χ4v) is 3.77. The molecule has 7 nitrogen and oxygen atoms in total. The highest BCUT2D eigenvalue weighted by molar-refractivity contribution is 5.94. The van der Waals surface area contributed by atoms with Crippen molar-refractivity contribution in [1.82, 2.24) is 19.9 Å². The molecule has 1 aliphatic carbocycles. The number of rotatable bonds is 4. The highest BCUT2D eigenvalue weighted by Gasteiger charge is 2.25. The van der Waals surface area contributed by atoms with E-state index in [1.165, 1.54) is 12.8 Å². The summed E-state index contributed by atoms with van der Waals surface area (Å²) in [6.45, 7) is 3.55. The van der Waals surface area contributed by atoms with Crippen LogP contribution in [0.2, 0.25) is 0 Å². The first-order valence-corrected chi connectivity index (χ1v) is 9.32. The van der Waals surface area contributed by atoms with Crippen molar-refractivity contribution in [1.29, 1.82) is 0 Å². The van der Waals surface area contributed by atoms with Crippen molar-refractivity contribution in [2.75, 3.05) is 26.2 Å². The minimum absolute atomic E-state index is 0.00552. The summed E-state index contributed by atoms with van der Waals surface area (Å²) >= 11 is 0. The maximum atomic E-state index is 12.5. The van der Waals surface area contributed by atoms with Gasteiger partial charge in [0.25, 0.3) is 5.91 Å². The number of aromatic hydroxyl groups is 1. The van der Waals surface area contributed by atoms with Crippen molar-refractivity contribution >= 4 is 5.91 Å². The summed E-state index contributed by atoms with van der Waals surface area (Å²) in [6.07, 6.45) is 4.84. The molecule has 1 aromatic carbocycles. The number of benzene rings is 1. The Hall–Kier alpha value is -2.41. The third-order valence-corrected chi connectivity index (χ3v) is 5.34. The van der Waals surface area contributed by atoms with Gasteiger partial charge in [0.2, 0.25) is 5.89 Å². The van der Waals surface area contributed by atoms with E-state index in [1.54, 1.807) is 24.3 Å². The summed E-state index contributed by atoms with van der Waals surface area (Å²) in [5.41, 5.74) is 0.606. The molecule has 2 heterocycles. The Morgan fingerprint density at radius 1 is 1.12 bits per heavy atom. The lowest BCUT2D eigenvalue weighted by molar-refractivity contribution is 0.0615. The molecule has 2 aliphatic rings. The van der Waals surface area contributed by atoms with E-state index in [1.807, 2.05) is 4.90 Å². The van der Waals surface area contributed by atoms with Crippen molar-refractivity contribution in [2.24, 2.45) is 0 Å². The number of amides is 1. The van der Waals surface area contributed by atoms with Crippen LogP contribution in [0.5, 0.6) is 5.75 Å². The van der Waals surface area contributed by atoms with Gasteiger partial charge in [-0.15, -0.1) is 0 Å². The van der Waals surface area contributed by atoms with Crippen LogP contribution in [0.15, 0.2) is 28.8 Å². The maximum Gasteiger partial charge on any atom is 0.253 e.